The number of hydrogen-bond donors (Lipinski definition) is 1. The predicted molar refractivity (Wildman–Crippen MR) is 105 cm³/mol. The number of rotatable bonds is 7. The maximum absolute atomic E-state index is 11.7. The summed E-state index contributed by atoms with van der Waals surface area (Å²) in [5, 5.41) is 9.56. The second-order valence-electron chi connectivity index (χ2n) is 5.61. The number of carbonyl (C=O) groups is 1. The first-order chi connectivity index (χ1) is 12.7. The molecule has 0 atom stereocenters. The molecule has 0 spiro atoms. The molecule has 3 rings (SSSR count). The van der Waals surface area contributed by atoms with Gasteiger partial charge in [0, 0.05) is 4.90 Å². The Labute approximate surface area is 157 Å². The molecule has 3 aromatic rings. The summed E-state index contributed by atoms with van der Waals surface area (Å²) >= 11 is 1.52. The summed E-state index contributed by atoms with van der Waals surface area (Å²) in [5.74, 6) is -0.143. The summed E-state index contributed by atoms with van der Waals surface area (Å²) in [6, 6.07) is 24.8. The molecule has 0 heterocycles. The van der Waals surface area contributed by atoms with Crippen LogP contribution in [0.2, 0.25) is 0 Å². The summed E-state index contributed by atoms with van der Waals surface area (Å²) in [4.78, 5) is 12.7. The molecule has 0 saturated heterocycles. The van der Waals surface area contributed by atoms with Crippen LogP contribution in [0.1, 0.15) is 15.9 Å². The third-order valence-corrected chi connectivity index (χ3v) is 4.88. The number of para-hydroxylation sites is 1. The van der Waals surface area contributed by atoms with Gasteiger partial charge in [-0.05, 0) is 53.9 Å². The smallest absolute Gasteiger partial charge is 0.337 e. The zero-order chi connectivity index (χ0) is 18.4. The third-order valence-electron chi connectivity index (χ3n) is 3.85. The number of anilines is 1. The van der Waals surface area contributed by atoms with Gasteiger partial charge in [-0.2, -0.15) is 0 Å². The van der Waals surface area contributed by atoms with Crippen molar-refractivity contribution in [2.24, 2.45) is 0 Å². The minimum absolute atomic E-state index is 0.282. The van der Waals surface area contributed by atoms with Crippen molar-refractivity contribution < 1.29 is 14.6 Å². The lowest BCUT2D eigenvalue weighted by Gasteiger charge is -2.25. The molecule has 0 fully saturated rings. The Morgan fingerprint density at radius 2 is 1.62 bits per heavy atom. The van der Waals surface area contributed by atoms with E-state index in [1.165, 1.54) is 11.9 Å². The highest BCUT2D eigenvalue weighted by Gasteiger charge is 2.17. The van der Waals surface area contributed by atoms with Gasteiger partial charge in [-0.3, -0.25) is 0 Å². The van der Waals surface area contributed by atoms with Gasteiger partial charge in [0.1, 0.15) is 5.75 Å². The Kier molecular flexibility index (Phi) is 5.81. The van der Waals surface area contributed by atoms with Crippen LogP contribution in [0.15, 0.2) is 83.8 Å². The Hall–Kier alpha value is -2.92. The zero-order valence-electron chi connectivity index (χ0n) is 14.3. The molecular weight excluding hydrogens is 346 g/mol. The van der Waals surface area contributed by atoms with Crippen molar-refractivity contribution in [2.45, 2.75) is 11.4 Å². The minimum atomic E-state index is -0.936. The van der Waals surface area contributed by atoms with Gasteiger partial charge in [-0.1, -0.05) is 42.5 Å². The molecule has 3 aromatic carbocycles. The van der Waals surface area contributed by atoms with Crippen LogP contribution in [0, 0.1) is 0 Å². The molecular formula is C21H19NO3S. The predicted octanol–water partition coefficient (Wildman–Crippen LogP) is 5.11. The molecule has 132 valence electrons. The van der Waals surface area contributed by atoms with Gasteiger partial charge >= 0.3 is 5.97 Å². The highest BCUT2D eigenvalue weighted by atomic mass is 32.2. The summed E-state index contributed by atoms with van der Waals surface area (Å²) in [6.07, 6.45) is 0. The molecule has 1 N–H and O–H groups in total. The topological polar surface area (TPSA) is 49.8 Å². The van der Waals surface area contributed by atoms with Crippen LogP contribution in [0.5, 0.6) is 5.75 Å². The van der Waals surface area contributed by atoms with Gasteiger partial charge in [-0.25, -0.2) is 4.79 Å². The first kappa shape index (κ1) is 17.9. The van der Waals surface area contributed by atoms with Crippen molar-refractivity contribution >= 4 is 23.6 Å². The van der Waals surface area contributed by atoms with Crippen molar-refractivity contribution in [3.05, 3.63) is 90.0 Å². The van der Waals surface area contributed by atoms with Crippen molar-refractivity contribution in [1.82, 2.24) is 0 Å². The first-order valence-electron chi connectivity index (χ1n) is 8.13. The molecule has 0 aromatic heterocycles. The van der Waals surface area contributed by atoms with E-state index >= 15 is 0 Å². The zero-order valence-corrected chi connectivity index (χ0v) is 15.1. The summed E-state index contributed by atoms with van der Waals surface area (Å²) in [5.41, 5.74) is 2.02. The van der Waals surface area contributed by atoms with Gasteiger partial charge in [0.05, 0.1) is 24.9 Å². The number of methoxy groups -OCH3 is 1. The molecule has 0 aliphatic carbocycles. The van der Waals surface area contributed by atoms with Crippen molar-refractivity contribution in [3.8, 4) is 5.75 Å². The van der Waals surface area contributed by atoms with Gasteiger partial charge in [0.2, 0.25) is 0 Å². The Balaban J connectivity index is 1.94. The average molecular weight is 365 g/mol. The lowest BCUT2D eigenvalue weighted by molar-refractivity contribution is 0.0697. The van der Waals surface area contributed by atoms with Crippen LogP contribution >= 0.6 is 11.9 Å². The molecule has 0 bridgehead atoms. The van der Waals surface area contributed by atoms with Crippen LogP contribution in [0.3, 0.4) is 0 Å². The number of aromatic carboxylic acids is 1. The van der Waals surface area contributed by atoms with E-state index in [0.29, 0.717) is 12.2 Å². The van der Waals surface area contributed by atoms with Gasteiger partial charge < -0.3 is 14.1 Å². The van der Waals surface area contributed by atoms with Crippen LogP contribution in [0.4, 0.5) is 5.69 Å². The quantitative estimate of drug-likeness (QED) is 0.590. The van der Waals surface area contributed by atoms with E-state index in [4.69, 9.17) is 4.74 Å². The number of carboxylic acid groups (broad SMARTS) is 1. The monoisotopic (exact) mass is 365 g/mol. The lowest BCUT2D eigenvalue weighted by Crippen LogP contribution is -2.17. The Morgan fingerprint density at radius 1 is 0.962 bits per heavy atom. The lowest BCUT2D eigenvalue weighted by atomic mass is 10.1. The van der Waals surface area contributed by atoms with E-state index < -0.39 is 5.97 Å². The van der Waals surface area contributed by atoms with E-state index in [-0.39, 0.29) is 5.56 Å². The van der Waals surface area contributed by atoms with Crippen molar-refractivity contribution in [3.63, 3.8) is 0 Å². The van der Waals surface area contributed by atoms with Gasteiger partial charge in [0.25, 0.3) is 0 Å². The third kappa shape index (κ3) is 4.37. The Morgan fingerprint density at radius 3 is 2.27 bits per heavy atom. The second kappa shape index (κ2) is 8.45. The molecule has 0 unspecified atom stereocenters. The van der Waals surface area contributed by atoms with Crippen LogP contribution in [-0.2, 0) is 6.54 Å². The SMILES string of the molecule is COc1ccc(CN(Sc2ccccc2)c2ccccc2C(=O)O)cc1. The normalized spacial score (nSPS) is 10.3. The fourth-order valence-corrected chi connectivity index (χ4v) is 3.55. The van der Waals surface area contributed by atoms with Crippen LogP contribution in [0.25, 0.3) is 0 Å². The van der Waals surface area contributed by atoms with Crippen molar-refractivity contribution in [1.29, 1.82) is 0 Å². The number of nitrogens with zero attached hydrogens (tertiary/aromatic N) is 1. The molecule has 5 heteroatoms. The van der Waals surface area contributed by atoms with Gasteiger partial charge in [-0.15, -0.1) is 0 Å². The van der Waals surface area contributed by atoms with Gasteiger partial charge in [0.15, 0.2) is 0 Å². The van der Waals surface area contributed by atoms with E-state index in [1.807, 2.05) is 71.0 Å². The molecule has 0 amide bonds. The molecule has 0 aliphatic rings. The minimum Gasteiger partial charge on any atom is -0.497 e. The van der Waals surface area contributed by atoms with Crippen LogP contribution < -0.4 is 9.04 Å². The number of hydrogen-bond acceptors (Lipinski definition) is 4. The first-order valence-corrected chi connectivity index (χ1v) is 8.90. The summed E-state index contributed by atoms with van der Waals surface area (Å²) in [7, 11) is 1.63. The maximum Gasteiger partial charge on any atom is 0.337 e. The molecule has 0 saturated carbocycles. The molecule has 0 aliphatic heterocycles. The molecule has 4 nitrogen and oxygen atoms in total. The maximum atomic E-state index is 11.7. The number of carboxylic acids is 1. The van der Waals surface area contributed by atoms with Crippen molar-refractivity contribution in [2.75, 3.05) is 11.4 Å². The van der Waals surface area contributed by atoms with Crippen LogP contribution in [-0.4, -0.2) is 18.2 Å². The fourth-order valence-electron chi connectivity index (χ4n) is 2.54. The fraction of sp³-hybridized carbons (Fsp3) is 0.0952. The highest BCUT2D eigenvalue weighted by Crippen LogP contribution is 2.33. The molecule has 0 radical (unpaired) electrons. The second-order valence-corrected chi connectivity index (χ2v) is 6.71. The summed E-state index contributed by atoms with van der Waals surface area (Å²) in [6.45, 7) is 0.563. The Bertz CT molecular complexity index is 866. The molecule has 26 heavy (non-hydrogen) atoms. The van der Waals surface area contributed by atoms with E-state index in [0.717, 1.165) is 16.2 Å². The highest BCUT2D eigenvalue weighted by molar-refractivity contribution is 8.00. The summed E-state index contributed by atoms with van der Waals surface area (Å²) < 4.78 is 7.21. The average Bonchev–Trinajstić information content (AvgIpc) is 2.69. The van der Waals surface area contributed by atoms with E-state index in [2.05, 4.69) is 0 Å². The number of ether oxygens (including phenoxy) is 1. The largest absolute Gasteiger partial charge is 0.497 e. The number of benzene rings is 3. The van der Waals surface area contributed by atoms with E-state index in [9.17, 15) is 9.90 Å². The standard InChI is InChI=1S/C21H19NO3S/c1-25-17-13-11-16(12-14-17)15-22(26-18-7-3-2-4-8-18)20-10-6-5-9-19(20)21(23)24/h2-14H,15H2,1H3,(H,23,24). The van der Waals surface area contributed by atoms with E-state index in [1.54, 1.807) is 19.2 Å².